The lowest BCUT2D eigenvalue weighted by Gasteiger charge is -2.18. The van der Waals surface area contributed by atoms with E-state index in [1.54, 1.807) is 0 Å². The predicted octanol–water partition coefficient (Wildman–Crippen LogP) is 3.78. The molecule has 0 fully saturated rings. The van der Waals surface area contributed by atoms with Crippen molar-refractivity contribution in [1.29, 1.82) is 5.41 Å². The van der Waals surface area contributed by atoms with Crippen LogP contribution in [0.4, 0.5) is 0 Å². The molecule has 0 aliphatic carbocycles. The summed E-state index contributed by atoms with van der Waals surface area (Å²) in [6, 6.07) is 17.8. The lowest BCUT2D eigenvalue weighted by molar-refractivity contribution is 0.746. The molecule has 0 aliphatic heterocycles. The van der Waals surface area contributed by atoms with E-state index in [-0.39, 0.29) is 6.04 Å². The number of likely N-dealkylation sites (N-methyl/N-ethyl adjacent to an activating group) is 1. The van der Waals surface area contributed by atoms with E-state index >= 15 is 0 Å². The second-order valence-corrected chi connectivity index (χ2v) is 4.97. The number of rotatable bonds is 4. The van der Waals surface area contributed by atoms with Gasteiger partial charge in [-0.15, -0.1) is 0 Å². The molecule has 2 aromatic carbocycles. The number of nitrogens with one attached hydrogen (secondary N) is 2. The molecule has 2 rings (SSSR count). The molecule has 92 valence electrons. The highest BCUT2D eigenvalue weighted by molar-refractivity contribution is 9.10. The van der Waals surface area contributed by atoms with Crippen molar-refractivity contribution in [2.45, 2.75) is 6.04 Å². The molecule has 0 bridgehead atoms. The Labute approximate surface area is 116 Å². The quantitative estimate of drug-likeness (QED) is 0.829. The van der Waals surface area contributed by atoms with Gasteiger partial charge in [-0.05, 0) is 30.3 Å². The summed E-state index contributed by atoms with van der Waals surface area (Å²) in [4.78, 5) is 0. The third-order valence-electron chi connectivity index (χ3n) is 2.87. The number of benzene rings is 2. The summed E-state index contributed by atoms with van der Waals surface area (Å²) in [5, 5.41) is 11.5. The molecule has 2 aromatic rings. The number of hydrogen-bond donors (Lipinski definition) is 2. The van der Waals surface area contributed by atoms with Gasteiger partial charge in [-0.2, -0.15) is 0 Å². The summed E-state index contributed by atoms with van der Waals surface area (Å²) in [7, 11) is 1.88. The van der Waals surface area contributed by atoms with Gasteiger partial charge in [0, 0.05) is 4.47 Å². The highest BCUT2D eigenvalue weighted by Crippen LogP contribution is 2.19. The van der Waals surface area contributed by atoms with Crippen LogP contribution in [0.2, 0.25) is 0 Å². The van der Waals surface area contributed by atoms with Crippen LogP contribution in [-0.2, 0) is 0 Å². The molecule has 18 heavy (non-hydrogen) atoms. The van der Waals surface area contributed by atoms with E-state index in [0.717, 1.165) is 15.6 Å². The number of hydrogen-bond acceptors (Lipinski definition) is 2. The Morgan fingerprint density at radius 3 is 2.22 bits per heavy atom. The summed E-state index contributed by atoms with van der Waals surface area (Å²) in [6.45, 7) is 0. The minimum Gasteiger partial charge on any atom is -0.308 e. The van der Waals surface area contributed by atoms with Gasteiger partial charge in [0.25, 0.3) is 0 Å². The minimum atomic E-state index is -0.0765. The van der Waals surface area contributed by atoms with Crippen LogP contribution in [0.3, 0.4) is 0 Å². The first-order valence-electron chi connectivity index (χ1n) is 5.79. The van der Waals surface area contributed by atoms with Gasteiger partial charge >= 0.3 is 0 Å². The van der Waals surface area contributed by atoms with Gasteiger partial charge in [0.05, 0.1) is 11.8 Å². The monoisotopic (exact) mass is 302 g/mol. The van der Waals surface area contributed by atoms with Crippen LogP contribution in [0.5, 0.6) is 0 Å². The topological polar surface area (TPSA) is 35.9 Å². The highest BCUT2D eigenvalue weighted by Gasteiger charge is 2.15. The zero-order chi connectivity index (χ0) is 13.0. The second kappa shape index (κ2) is 5.94. The molecule has 2 N–H and O–H groups in total. The molecule has 0 spiro atoms. The highest BCUT2D eigenvalue weighted by atomic mass is 79.9. The molecule has 3 heteroatoms. The Morgan fingerprint density at radius 1 is 1.06 bits per heavy atom. The van der Waals surface area contributed by atoms with Gasteiger partial charge < -0.3 is 10.7 Å². The zero-order valence-electron chi connectivity index (χ0n) is 10.2. The Bertz CT molecular complexity index is 520. The molecule has 2 nitrogen and oxygen atoms in total. The van der Waals surface area contributed by atoms with Crippen LogP contribution in [0, 0.1) is 5.41 Å². The van der Waals surface area contributed by atoms with Crippen LogP contribution < -0.4 is 5.32 Å². The molecular weight excluding hydrogens is 288 g/mol. The third-order valence-corrected chi connectivity index (χ3v) is 3.39. The largest absolute Gasteiger partial charge is 0.308 e. The minimum absolute atomic E-state index is 0.0765. The molecule has 0 aromatic heterocycles. The fraction of sp³-hybridized carbons (Fsp3) is 0.133. The van der Waals surface area contributed by atoms with Crippen molar-refractivity contribution >= 4 is 21.6 Å². The SMILES string of the molecule is CNC(C(=N)c1ccc(Br)cc1)c1ccccc1. The van der Waals surface area contributed by atoms with Gasteiger partial charge in [-0.3, -0.25) is 0 Å². The van der Waals surface area contributed by atoms with E-state index in [1.807, 2.05) is 61.6 Å². The lowest BCUT2D eigenvalue weighted by atomic mass is 9.97. The summed E-state index contributed by atoms with van der Waals surface area (Å²) >= 11 is 3.41. The molecule has 0 radical (unpaired) electrons. The standard InChI is InChI=1S/C15H15BrN2/c1-18-15(12-5-3-2-4-6-12)14(17)11-7-9-13(16)10-8-11/h2-10,15,17-18H,1H3. The van der Waals surface area contributed by atoms with E-state index in [2.05, 4.69) is 21.2 Å². The average molecular weight is 303 g/mol. The fourth-order valence-corrected chi connectivity index (χ4v) is 2.18. The smallest absolute Gasteiger partial charge is 0.0747 e. The van der Waals surface area contributed by atoms with Crippen LogP contribution in [0.1, 0.15) is 17.2 Å². The maximum atomic E-state index is 8.32. The molecule has 0 heterocycles. The molecular formula is C15H15BrN2. The molecule has 0 saturated carbocycles. The maximum Gasteiger partial charge on any atom is 0.0747 e. The maximum absolute atomic E-state index is 8.32. The first-order valence-corrected chi connectivity index (χ1v) is 6.58. The van der Waals surface area contributed by atoms with E-state index in [4.69, 9.17) is 5.41 Å². The van der Waals surface area contributed by atoms with E-state index < -0.39 is 0 Å². The van der Waals surface area contributed by atoms with Crippen molar-refractivity contribution in [1.82, 2.24) is 5.32 Å². The predicted molar refractivity (Wildman–Crippen MR) is 79.2 cm³/mol. The third kappa shape index (κ3) is 2.86. The Hall–Kier alpha value is -1.45. The Morgan fingerprint density at radius 2 is 1.67 bits per heavy atom. The van der Waals surface area contributed by atoms with Crippen molar-refractivity contribution in [2.75, 3.05) is 7.05 Å². The first-order chi connectivity index (χ1) is 8.72. The second-order valence-electron chi connectivity index (χ2n) is 4.05. The van der Waals surface area contributed by atoms with E-state index in [9.17, 15) is 0 Å². The normalized spacial score (nSPS) is 12.1. The van der Waals surface area contributed by atoms with Crippen molar-refractivity contribution in [2.24, 2.45) is 0 Å². The van der Waals surface area contributed by atoms with Crippen LogP contribution in [0.25, 0.3) is 0 Å². The van der Waals surface area contributed by atoms with Crippen LogP contribution >= 0.6 is 15.9 Å². The molecule has 0 aliphatic rings. The van der Waals surface area contributed by atoms with Gasteiger partial charge in [-0.25, -0.2) is 0 Å². The van der Waals surface area contributed by atoms with E-state index in [0.29, 0.717) is 5.71 Å². The van der Waals surface area contributed by atoms with Crippen LogP contribution in [0.15, 0.2) is 59.1 Å². The molecule has 1 atom stereocenters. The summed E-state index contributed by atoms with van der Waals surface area (Å²) < 4.78 is 1.03. The number of halogens is 1. The molecule has 0 saturated heterocycles. The van der Waals surface area contributed by atoms with Gasteiger partial charge in [0.2, 0.25) is 0 Å². The van der Waals surface area contributed by atoms with Gasteiger partial charge in [0.1, 0.15) is 0 Å². The molecule has 0 amide bonds. The summed E-state index contributed by atoms with van der Waals surface area (Å²) in [5.41, 5.74) is 2.62. The van der Waals surface area contributed by atoms with Crippen LogP contribution in [-0.4, -0.2) is 12.8 Å². The zero-order valence-corrected chi connectivity index (χ0v) is 11.7. The summed E-state index contributed by atoms with van der Waals surface area (Å²) in [6.07, 6.45) is 0. The fourth-order valence-electron chi connectivity index (χ4n) is 1.92. The van der Waals surface area contributed by atoms with Crippen molar-refractivity contribution in [3.8, 4) is 0 Å². The van der Waals surface area contributed by atoms with Gasteiger partial charge in [-0.1, -0.05) is 58.4 Å². The van der Waals surface area contributed by atoms with Crippen molar-refractivity contribution in [3.63, 3.8) is 0 Å². The lowest BCUT2D eigenvalue weighted by Crippen LogP contribution is -2.25. The Kier molecular flexibility index (Phi) is 4.28. The summed E-state index contributed by atoms with van der Waals surface area (Å²) in [5.74, 6) is 0. The first kappa shape index (κ1) is 13.0. The average Bonchev–Trinajstić information content (AvgIpc) is 2.41. The Balaban J connectivity index is 2.28. The van der Waals surface area contributed by atoms with Crippen molar-refractivity contribution in [3.05, 3.63) is 70.2 Å². The van der Waals surface area contributed by atoms with Gasteiger partial charge in [0.15, 0.2) is 0 Å². The molecule has 1 unspecified atom stereocenters. The van der Waals surface area contributed by atoms with Crippen molar-refractivity contribution < 1.29 is 0 Å². The van der Waals surface area contributed by atoms with E-state index in [1.165, 1.54) is 0 Å².